The Morgan fingerprint density at radius 3 is 2.27 bits per heavy atom. The molecule has 0 saturated heterocycles. The summed E-state index contributed by atoms with van der Waals surface area (Å²) in [4.78, 5) is 12.9. The molecule has 0 atom stereocenters. The Labute approximate surface area is 150 Å². The second kappa shape index (κ2) is 5.93. The number of carbonyl (C=O) groups excluding carboxylic acids is 1. The van der Waals surface area contributed by atoms with Crippen molar-refractivity contribution in [2.75, 3.05) is 0 Å². The zero-order valence-corrected chi connectivity index (χ0v) is 14.5. The van der Waals surface area contributed by atoms with Crippen LogP contribution in [0.2, 0.25) is 0 Å². The number of aryl methyl sites for hydroxylation is 1. The van der Waals surface area contributed by atoms with Crippen LogP contribution in [0.15, 0.2) is 59.8 Å². The van der Waals surface area contributed by atoms with E-state index in [0.717, 1.165) is 22.4 Å². The minimum atomic E-state index is -1.77. The monoisotopic (exact) mass is 346 g/mol. The molecule has 1 heterocycles. The normalized spacial score (nSPS) is 14.3. The number of hydrazone groups is 1. The van der Waals surface area contributed by atoms with Crippen LogP contribution in [0, 0.1) is 6.92 Å². The molecule has 0 bridgehead atoms. The summed E-state index contributed by atoms with van der Waals surface area (Å²) >= 11 is 0. The van der Waals surface area contributed by atoms with Gasteiger partial charge in [0.1, 0.15) is 0 Å². The molecular formula is C20H18N4O2. The Morgan fingerprint density at radius 1 is 1.15 bits per heavy atom. The first kappa shape index (κ1) is 16.2. The molecule has 4 rings (SSSR count). The van der Waals surface area contributed by atoms with Gasteiger partial charge in [-0.25, -0.2) is 5.43 Å². The van der Waals surface area contributed by atoms with E-state index in [4.69, 9.17) is 0 Å². The highest BCUT2D eigenvalue weighted by molar-refractivity contribution is 5.99. The highest BCUT2D eigenvalue weighted by Gasteiger charge is 2.47. The molecule has 3 aromatic rings. The zero-order chi connectivity index (χ0) is 18.3. The van der Waals surface area contributed by atoms with E-state index in [1.54, 1.807) is 23.0 Å². The maximum Gasteiger partial charge on any atom is 0.281 e. The number of benzene rings is 2. The largest absolute Gasteiger partial charge is 0.372 e. The maximum atomic E-state index is 12.9. The molecule has 26 heavy (non-hydrogen) atoms. The van der Waals surface area contributed by atoms with E-state index in [1.165, 1.54) is 6.21 Å². The number of fused-ring (bicyclic) bond motifs is 3. The Balaban J connectivity index is 1.68. The standard InChI is InChI=1S/C20H18N4O2/c1-13-14(12-22-24(13)2)11-21-23-19(25)20(26)17-9-5-3-7-15(17)16-8-4-6-10-18(16)20/h3-12,26H,1-2H3,(H,23,25)/b21-11-. The lowest BCUT2D eigenvalue weighted by Crippen LogP contribution is -2.42. The molecule has 2 N–H and O–H groups in total. The number of nitrogens with zero attached hydrogens (tertiary/aromatic N) is 3. The molecule has 0 unspecified atom stereocenters. The van der Waals surface area contributed by atoms with Crippen LogP contribution in [-0.2, 0) is 17.4 Å². The molecule has 0 spiro atoms. The average Bonchev–Trinajstić information content (AvgIpc) is 3.13. The lowest BCUT2D eigenvalue weighted by Gasteiger charge is -2.23. The van der Waals surface area contributed by atoms with Gasteiger partial charge in [0.05, 0.1) is 12.4 Å². The Hall–Kier alpha value is -3.25. The van der Waals surface area contributed by atoms with Gasteiger partial charge in [-0.15, -0.1) is 0 Å². The number of aliphatic hydroxyl groups is 1. The van der Waals surface area contributed by atoms with Gasteiger partial charge in [0.15, 0.2) is 5.60 Å². The number of hydrogen-bond acceptors (Lipinski definition) is 4. The summed E-state index contributed by atoms with van der Waals surface area (Å²) in [6.45, 7) is 1.91. The van der Waals surface area contributed by atoms with E-state index >= 15 is 0 Å². The van der Waals surface area contributed by atoms with Crippen LogP contribution < -0.4 is 5.43 Å². The SMILES string of the molecule is Cc1c(/C=N\NC(=O)C2(O)c3ccccc3-c3ccccc32)cnn1C. The molecule has 1 aliphatic rings. The second-order valence-corrected chi connectivity index (χ2v) is 6.31. The Bertz CT molecular complexity index is 990. The van der Waals surface area contributed by atoms with E-state index in [0.29, 0.717) is 11.1 Å². The maximum absolute atomic E-state index is 12.9. The molecule has 0 saturated carbocycles. The van der Waals surface area contributed by atoms with Crippen molar-refractivity contribution in [3.8, 4) is 11.1 Å². The molecule has 1 aromatic heterocycles. The summed E-state index contributed by atoms with van der Waals surface area (Å²) in [5.41, 5.74) is 5.27. The summed E-state index contributed by atoms with van der Waals surface area (Å²) in [6, 6.07) is 14.7. The van der Waals surface area contributed by atoms with Crippen LogP contribution >= 0.6 is 0 Å². The molecular weight excluding hydrogens is 328 g/mol. The Kier molecular flexibility index (Phi) is 3.70. The number of aromatic nitrogens is 2. The molecule has 0 aliphatic heterocycles. The van der Waals surface area contributed by atoms with E-state index < -0.39 is 11.5 Å². The van der Waals surface area contributed by atoms with Crippen LogP contribution in [0.3, 0.4) is 0 Å². The molecule has 6 heteroatoms. The van der Waals surface area contributed by atoms with Crippen molar-refractivity contribution in [1.29, 1.82) is 0 Å². The highest BCUT2D eigenvalue weighted by Crippen LogP contribution is 2.47. The third kappa shape index (κ3) is 2.27. The van der Waals surface area contributed by atoms with Gasteiger partial charge in [-0.2, -0.15) is 10.2 Å². The number of rotatable bonds is 3. The summed E-state index contributed by atoms with van der Waals surface area (Å²) in [6.07, 6.45) is 3.19. The number of hydrogen-bond donors (Lipinski definition) is 2. The van der Waals surface area contributed by atoms with E-state index in [-0.39, 0.29) is 0 Å². The number of nitrogens with one attached hydrogen (secondary N) is 1. The lowest BCUT2D eigenvalue weighted by atomic mass is 9.91. The van der Waals surface area contributed by atoms with Crippen molar-refractivity contribution in [1.82, 2.24) is 15.2 Å². The van der Waals surface area contributed by atoms with E-state index in [2.05, 4.69) is 15.6 Å². The fraction of sp³-hybridized carbons (Fsp3) is 0.150. The molecule has 130 valence electrons. The lowest BCUT2D eigenvalue weighted by molar-refractivity contribution is -0.136. The topological polar surface area (TPSA) is 79.5 Å². The minimum Gasteiger partial charge on any atom is -0.372 e. The van der Waals surface area contributed by atoms with Crippen molar-refractivity contribution in [3.05, 3.63) is 77.1 Å². The van der Waals surface area contributed by atoms with Gasteiger partial charge in [0, 0.05) is 29.4 Å². The highest BCUT2D eigenvalue weighted by atomic mass is 16.3. The first-order valence-corrected chi connectivity index (χ1v) is 8.27. The fourth-order valence-corrected chi connectivity index (χ4v) is 3.34. The van der Waals surface area contributed by atoms with E-state index in [9.17, 15) is 9.90 Å². The van der Waals surface area contributed by atoms with Crippen molar-refractivity contribution < 1.29 is 9.90 Å². The smallest absolute Gasteiger partial charge is 0.281 e. The van der Waals surface area contributed by atoms with Crippen LogP contribution in [0.1, 0.15) is 22.4 Å². The van der Waals surface area contributed by atoms with Gasteiger partial charge in [0.2, 0.25) is 0 Å². The summed E-state index contributed by atoms with van der Waals surface area (Å²) < 4.78 is 1.72. The van der Waals surface area contributed by atoms with Gasteiger partial charge >= 0.3 is 0 Å². The molecule has 0 radical (unpaired) electrons. The average molecular weight is 346 g/mol. The van der Waals surface area contributed by atoms with Gasteiger partial charge in [-0.05, 0) is 18.1 Å². The van der Waals surface area contributed by atoms with Crippen LogP contribution in [0.25, 0.3) is 11.1 Å². The molecule has 6 nitrogen and oxygen atoms in total. The van der Waals surface area contributed by atoms with Crippen molar-refractivity contribution in [3.63, 3.8) is 0 Å². The summed E-state index contributed by atoms with van der Waals surface area (Å²) in [5.74, 6) is -0.590. The van der Waals surface area contributed by atoms with Gasteiger partial charge in [-0.1, -0.05) is 48.5 Å². The van der Waals surface area contributed by atoms with Crippen LogP contribution in [-0.4, -0.2) is 27.0 Å². The first-order chi connectivity index (χ1) is 12.5. The molecule has 2 aromatic carbocycles. The third-order valence-electron chi connectivity index (χ3n) is 4.90. The van der Waals surface area contributed by atoms with E-state index in [1.807, 2.05) is 50.4 Å². The van der Waals surface area contributed by atoms with Crippen LogP contribution in [0.5, 0.6) is 0 Å². The van der Waals surface area contributed by atoms with Crippen molar-refractivity contribution in [2.24, 2.45) is 12.1 Å². The van der Waals surface area contributed by atoms with Gasteiger partial charge in [-0.3, -0.25) is 9.48 Å². The predicted octanol–water partition coefficient (Wildman–Crippen LogP) is 2.10. The predicted molar refractivity (Wildman–Crippen MR) is 98.6 cm³/mol. The van der Waals surface area contributed by atoms with Crippen molar-refractivity contribution >= 4 is 12.1 Å². The molecule has 1 amide bonds. The second-order valence-electron chi connectivity index (χ2n) is 6.31. The minimum absolute atomic E-state index is 0.562. The van der Waals surface area contributed by atoms with Gasteiger partial charge < -0.3 is 5.11 Å². The van der Waals surface area contributed by atoms with Gasteiger partial charge in [0.25, 0.3) is 5.91 Å². The molecule has 0 fully saturated rings. The first-order valence-electron chi connectivity index (χ1n) is 8.27. The fourth-order valence-electron chi connectivity index (χ4n) is 3.34. The number of carbonyl (C=O) groups is 1. The quantitative estimate of drug-likeness (QED) is 0.563. The summed E-state index contributed by atoms with van der Waals surface area (Å²) in [5, 5.41) is 19.5. The third-order valence-corrected chi connectivity index (χ3v) is 4.90. The van der Waals surface area contributed by atoms with Crippen molar-refractivity contribution in [2.45, 2.75) is 12.5 Å². The summed E-state index contributed by atoms with van der Waals surface area (Å²) in [7, 11) is 1.83. The Morgan fingerprint density at radius 2 is 1.73 bits per heavy atom. The van der Waals surface area contributed by atoms with Crippen LogP contribution in [0.4, 0.5) is 0 Å². The zero-order valence-electron chi connectivity index (χ0n) is 14.5. The molecule has 1 aliphatic carbocycles. The number of amides is 1.